The van der Waals surface area contributed by atoms with Gasteiger partial charge in [-0.25, -0.2) is 4.79 Å². The van der Waals surface area contributed by atoms with E-state index in [2.05, 4.69) is 0 Å². The molecule has 1 saturated heterocycles. The predicted octanol–water partition coefficient (Wildman–Crippen LogP) is 3.83. The molecule has 1 atom stereocenters. The molecule has 1 heterocycles. The Morgan fingerprint density at radius 3 is 2.50 bits per heavy atom. The average Bonchev–Trinajstić information content (AvgIpc) is 2.64. The number of aromatic carboxylic acids is 1. The van der Waals surface area contributed by atoms with E-state index in [0.29, 0.717) is 29.7 Å². The minimum Gasteiger partial charge on any atom is -0.478 e. The third-order valence-electron chi connectivity index (χ3n) is 4.29. The van der Waals surface area contributed by atoms with Gasteiger partial charge in [0, 0.05) is 6.54 Å². The minimum atomic E-state index is -0.986. The molecule has 1 fully saturated rings. The monoisotopic (exact) mass is 393 g/mol. The number of morpholine rings is 1. The first-order valence-corrected chi connectivity index (χ1v) is 8.86. The normalized spacial score (nSPS) is 17.2. The predicted molar refractivity (Wildman–Crippen MR) is 98.8 cm³/mol. The molecule has 0 saturated carbocycles. The fourth-order valence-electron chi connectivity index (χ4n) is 2.84. The Bertz CT molecular complexity index is 823. The molecule has 3 rings (SSSR count). The maximum absolute atomic E-state index is 12.6. The Morgan fingerprint density at radius 1 is 1.12 bits per heavy atom. The van der Waals surface area contributed by atoms with Crippen LogP contribution in [0.1, 0.15) is 27.6 Å². The number of benzene rings is 2. The number of carbonyl (C=O) groups excluding carboxylic acids is 1. The van der Waals surface area contributed by atoms with E-state index in [-0.39, 0.29) is 24.0 Å². The minimum absolute atomic E-state index is 0.0264. The van der Waals surface area contributed by atoms with Crippen LogP contribution in [0.15, 0.2) is 42.5 Å². The Hall–Kier alpha value is -2.08. The van der Waals surface area contributed by atoms with Gasteiger partial charge in [0.2, 0.25) is 5.91 Å². The van der Waals surface area contributed by atoms with Crippen LogP contribution in [0.4, 0.5) is 0 Å². The van der Waals surface area contributed by atoms with E-state index in [4.69, 9.17) is 33.0 Å². The number of ether oxygens (including phenoxy) is 1. The molecule has 1 amide bonds. The number of amides is 1. The number of carbonyl (C=O) groups is 2. The number of carboxylic acid groups (broad SMARTS) is 1. The van der Waals surface area contributed by atoms with E-state index in [0.717, 1.165) is 11.1 Å². The number of nitrogens with zero attached hydrogens (tertiary/aromatic N) is 1. The maximum Gasteiger partial charge on any atom is 0.335 e. The Balaban J connectivity index is 1.65. The molecule has 2 aromatic rings. The van der Waals surface area contributed by atoms with Crippen molar-refractivity contribution in [1.29, 1.82) is 0 Å². The number of halogens is 2. The average molecular weight is 394 g/mol. The third-order valence-corrected chi connectivity index (χ3v) is 5.03. The highest BCUT2D eigenvalue weighted by molar-refractivity contribution is 6.42. The number of hydrogen-bond donors (Lipinski definition) is 1. The van der Waals surface area contributed by atoms with Gasteiger partial charge in [0.1, 0.15) is 6.10 Å². The van der Waals surface area contributed by atoms with Crippen molar-refractivity contribution >= 4 is 35.1 Å². The summed E-state index contributed by atoms with van der Waals surface area (Å²) in [7, 11) is 0. The zero-order chi connectivity index (χ0) is 18.7. The van der Waals surface area contributed by atoms with Gasteiger partial charge in [0.05, 0.1) is 35.2 Å². The maximum atomic E-state index is 12.6. The molecule has 1 N–H and O–H groups in total. The SMILES string of the molecule is O=C(O)c1ccc(CC(=O)N2CCOC(c3ccc(Cl)c(Cl)c3)C2)cc1. The van der Waals surface area contributed by atoms with E-state index in [1.165, 1.54) is 12.1 Å². The van der Waals surface area contributed by atoms with Crippen LogP contribution in [-0.4, -0.2) is 41.6 Å². The molecule has 0 aromatic heterocycles. The largest absolute Gasteiger partial charge is 0.478 e. The summed E-state index contributed by atoms with van der Waals surface area (Å²) in [5, 5.41) is 9.86. The van der Waals surface area contributed by atoms with Gasteiger partial charge in [-0.05, 0) is 35.4 Å². The first-order chi connectivity index (χ1) is 12.4. The van der Waals surface area contributed by atoms with Crippen LogP contribution in [0.3, 0.4) is 0 Å². The van der Waals surface area contributed by atoms with Crippen molar-refractivity contribution in [3.8, 4) is 0 Å². The Labute approximate surface area is 161 Å². The second kappa shape index (κ2) is 8.08. The second-order valence-electron chi connectivity index (χ2n) is 6.05. The molecule has 0 aliphatic carbocycles. The van der Waals surface area contributed by atoms with Crippen LogP contribution in [0, 0.1) is 0 Å². The third kappa shape index (κ3) is 4.36. The van der Waals surface area contributed by atoms with Crippen molar-refractivity contribution in [3.05, 3.63) is 69.2 Å². The molecule has 26 heavy (non-hydrogen) atoms. The van der Waals surface area contributed by atoms with E-state index >= 15 is 0 Å². The first-order valence-electron chi connectivity index (χ1n) is 8.10. The van der Waals surface area contributed by atoms with Crippen LogP contribution >= 0.6 is 23.2 Å². The first kappa shape index (κ1) is 18.7. The summed E-state index contributed by atoms with van der Waals surface area (Å²) >= 11 is 12.0. The lowest BCUT2D eigenvalue weighted by Gasteiger charge is -2.33. The van der Waals surface area contributed by atoms with Gasteiger partial charge in [0.15, 0.2) is 0 Å². The molecule has 7 heteroatoms. The number of hydrogen-bond acceptors (Lipinski definition) is 3. The van der Waals surface area contributed by atoms with Crippen molar-refractivity contribution in [2.75, 3.05) is 19.7 Å². The lowest BCUT2D eigenvalue weighted by atomic mass is 10.1. The van der Waals surface area contributed by atoms with E-state index in [9.17, 15) is 9.59 Å². The van der Waals surface area contributed by atoms with Crippen molar-refractivity contribution in [1.82, 2.24) is 4.90 Å². The van der Waals surface area contributed by atoms with Gasteiger partial charge in [-0.1, -0.05) is 41.4 Å². The van der Waals surface area contributed by atoms with E-state index in [1.807, 2.05) is 6.07 Å². The Morgan fingerprint density at radius 2 is 1.85 bits per heavy atom. The number of carboxylic acids is 1. The summed E-state index contributed by atoms with van der Waals surface area (Å²) in [5.74, 6) is -1.01. The molecule has 0 spiro atoms. The van der Waals surface area contributed by atoms with Gasteiger partial charge in [-0.3, -0.25) is 4.79 Å². The van der Waals surface area contributed by atoms with Gasteiger partial charge in [-0.2, -0.15) is 0 Å². The second-order valence-corrected chi connectivity index (χ2v) is 6.87. The molecule has 1 aliphatic heterocycles. The highest BCUT2D eigenvalue weighted by Gasteiger charge is 2.25. The molecule has 1 aliphatic rings. The lowest BCUT2D eigenvalue weighted by Crippen LogP contribution is -2.43. The van der Waals surface area contributed by atoms with Crippen LogP contribution in [0.5, 0.6) is 0 Å². The van der Waals surface area contributed by atoms with Gasteiger partial charge in [-0.15, -0.1) is 0 Å². The topological polar surface area (TPSA) is 66.8 Å². The Kier molecular flexibility index (Phi) is 5.81. The zero-order valence-electron chi connectivity index (χ0n) is 13.8. The van der Waals surface area contributed by atoms with Crippen molar-refractivity contribution in [3.63, 3.8) is 0 Å². The van der Waals surface area contributed by atoms with E-state index < -0.39 is 5.97 Å². The fourth-order valence-corrected chi connectivity index (χ4v) is 3.15. The van der Waals surface area contributed by atoms with Crippen LogP contribution in [0.25, 0.3) is 0 Å². The summed E-state index contributed by atoms with van der Waals surface area (Å²) in [6, 6.07) is 11.7. The standard InChI is InChI=1S/C19H17Cl2NO4/c20-15-6-5-14(10-16(15)21)17-11-22(7-8-26-17)18(23)9-12-1-3-13(4-2-12)19(24)25/h1-6,10,17H,7-9,11H2,(H,24,25). The van der Waals surface area contributed by atoms with Crippen LogP contribution < -0.4 is 0 Å². The van der Waals surface area contributed by atoms with E-state index in [1.54, 1.807) is 29.2 Å². The molecular weight excluding hydrogens is 377 g/mol. The summed E-state index contributed by atoms with van der Waals surface area (Å²) in [5.41, 5.74) is 1.85. The van der Waals surface area contributed by atoms with Crippen molar-refractivity contribution < 1.29 is 19.4 Å². The molecule has 0 bridgehead atoms. The van der Waals surface area contributed by atoms with Crippen molar-refractivity contribution in [2.24, 2.45) is 0 Å². The quantitative estimate of drug-likeness (QED) is 0.856. The summed E-state index contributed by atoms with van der Waals surface area (Å²) in [6.45, 7) is 1.39. The molecule has 0 radical (unpaired) electrons. The molecule has 5 nitrogen and oxygen atoms in total. The molecule has 136 valence electrons. The molecule has 2 aromatic carbocycles. The van der Waals surface area contributed by atoms with Gasteiger partial charge >= 0.3 is 5.97 Å². The van der Waals surface area contributed by atoms with Crippen LogP contribution in [-0.2, 0) is 16.0 Å². The summed E-state index contributed by atoms with van der Waals surface area (Å²) in [6.07, 6.45) is -0.0367. The number of rotatable bonds is 4. The van der Waals surface area contributed by atoms with Gasteiger partial charge < -0.3 is 14.7 Å². The fraction of sp³-hybridized carbons (Fsp3) is 0.263. The highest BCUT2D eigenvalue weighted by atomic mass is 35.5. The summed E-state index contributed by atoms with van der Waals surface area (Å²) in [4.78, 5) is 25.2. The highest BCUT2D eigenvalue weighted by Crippen LogP contribution is 2.29. The summed E-state index contributed by atoms with van der Waals surface area (Å²) < 4.78 is 5.77. The zero-order valence-corrected chi connectivity index (χ0v) is 15.3. The smallest absolute Gasteiger partial charge is 0.335 e. The lowest BCUT2D eigenvalue weighted by molar-refractivity contribution is -0.138. The van der Waals surface area contributed by atoms with Gasteiger partial charge in [0.25, 0.3) is 0 Å². The molecular formula is C19H17Cl2NO4. The van der Waals surface area contributed by atoms with Crippen LogP contribution in [0.2, 0.25) is 10.0 Å². The molecule has 1 unspecified atom stereocenters. The van der Waals surface area contributed by atoms with Crippen molar-refractivity contribution in [2.45, 2.75) is 12.5 Å².